The second-order valence-corrected chi connectivity index (χ2v) is 11.8. The monoisotopic (exact) mass is 533 g/mol. The van der Waals surface area contributed by atoms with Crippen LogP contribution in [0.5, 0.6) is 0 Å². The van der Waals surface area contributed by atoms with E-state index in [1.165, 1.54) is 17.7 Å². The number of halogens is 1. The smallest absolute Gasteiger partial charge is 0.256 e. The summed E-state index contributed by atoms with van der Waals surface area (Å²) in [5.41, 5.74) is 4.28. The largest absolute Gasteiger partial charge is 0.343 e. The fourth-order valence-electron chi connectivity index (χ4n) is 6.30. The molecule has 3 aromatic rings. The molecule has 0 radical (unpaired) electrons. The van der Waals surface area contributed by atoms with E-state index in [-0.39, 0.29) is 17.9 Å². The van der Waals surface area contributed by atoms with Gasteiger partial charge >= 0.3 is 0 Å². The second-order valence-electron chi connectivity index (χ2n) is 11.8. The predicted octanol–water partition coefficient (Wildman–Crippen LogP) is 4.69. The molecular formula is C31H40FN5O2. The molecule has 0 unspecified atom stereocenters. The normalized spacial score (nSPS) is 19.9. The number of rotatable bonds is 7. The molecule has 2 aliphatic rings. The number of carbonyl (C=O) groups is 2. The first-order chi connectivity index (χ1) is 18.6. The number of aryl methyl sites for hydroxylation is 1. The maximum absolute atomic E-state index is 14.4. The van der Waals surface area contributed by atoms with Crippen LogP contribution in [0.15, 0.2) is 36.8 Å². The third-order valence-electron chi connectivity index (χ3n) is 8.65. The lowest BCUT2D eigenvalue weighted by molar-refractivity contribution is -0.127. The van der Waals surface area contributed by atoms with Gasteiger partial charge in [0.15, 0.2) is 0 Å². The number of hydrogen-bond donors (Lipinski definition) is 0. The highest BCUT2D eigenvalue weighted by Gasteiger charge is 2.30. The van der Waals surface area contributed by atoms with E-state index in [2.05, 4.69) is 23.0 Å². The second kappa shape index (κ2) is 11.1. The van der Waals surface area contributed by atoms with Crippen molar-refractivity contribution in [3.05, 3.63) is 59.3 Å². The van der Waals surface area contributed by atoms with Gasteiger partial charge in [-0.3, -0.25) is 14.6 Å². The molecule has 2 fully saturated rings. The average molecular weight is 534 g/mol. The fourth-order valence-corrected chi connectivity index (χ4v) is 6.30. The summed E-state index contributed by atoms with van der Waals surface area (Å²) in [6.07, 6.45) is 9.03. The Balaban J connectivity index is 1.41. The molecule has 2 saturated heterocycles. The van der Waals surface area contributed by atoms with Crippen LogP contribution in [-0.4, -0.2) is 81.9 Å². The molecular weight excluding hydrogens is 493 g/mol. The van der Waals surface area contributed by atoms with Crippen molar-refractivity contribution in [3.8, 4) is 5.69 Å². The highest BCUT2D eigenvalue weighted by atomic mass is 19.1. The Labute approximate surface area is 230 Å². The van der Waals surface area contributed by atoms with Gasteiger partial charge in [-0.05, 0) is 87.7 Å². The summed E-state index contributed by atoms with van der Waals surface area (Å²) < 4.78 is 16.4. The maximum atomic E-state index is 14.4. The van der Waals surface area contributed by atoms with Gasteiger partial charge in [0.05, 0.1) is 23.0 Å². The van der Waals surface area contributed by atoms with E-state index >= 15 is 0 Å². The van der Waals surface area contributed by atoms with E-state index in [4.69, 9.17) is 0 Å². The van der Waals surface area contributed by atoms with Crippen LogP contribution in [0.25, 0.3) is 16.6 Å². The Kier molecular flexibility index (Phi) is 7.76. The van der Waals surface area contributed by atoms with Crippen molar-refractivity contribution >= 4 is 22.7 Å². The number of benzene rings is 1. The number of aromatic nitrogens is 2. The van der Waals surface area contributed by atoms with Crippen molar-refractivity contribution in [2.45, 2.75) is 53.0 Å². The lowest BCUT2D eigenvalue weighted by Crippen LogP contribution is -2.33. The van der Waals surface area contributed by atoms with Gasteiger partial charge in [0.1, 0.15) is 5.82 Å². The Morgan fingerprint density at radius 2 is 1.90 bits per heavy atom. The van der Waals surface area contributed by atoms with E-state index < -0.39 is 5.82 Å². The molecule has 2 atom stereocenters. The van der Waals surface area contributed by atoms with Gasteiger partial charge < -0.3 is 19.3 Å². The average Bonchev–Trinajstić information content (AvgIpc) is 3.63. The molecule has 2 aliphatic heterocycles. The Hall–Kier alpha value is -3.26. The van der Waals surface area contributed by atoms with Gasteiger partial charge in [0, 0.05) is 64.0 Å². The number of hydrogen-bond acceptors (Lipinski definition) is 4. The zero-order valence-electron chi connectivity index (χ0n) is 23.8. The van der Waals surface area contributed by atoms with Gasteiger partial charge in [0.25, 0.3) is 5.91 Å². The third kappa shape index (κ3) is 5.57. The zero-order valence-corrected chi connectivity index (χ0v) is 23.8. The van der Waals surface area contributed by atoms with Crippen molar-refractivity contribution in [3.63, 3.8) is 0 Å². The van der Waals surface area contributed by atoms with Crippen LogP contribution in [0.2, 0.25) is 0 Å². The van der Waals surface area contributed by atoms with Gasteiger partial charge in [-0.25, -0.2) is 4.39 Å². The minimum absolute atomic E-state index is 0.00502. The first-order valence-corrected chi connectivity index (χ1v) is 14.1. The number of likely N-dealkylation sites (tertiary alicyclic amines) is 2. The molecule has 0 spiro atoms. The summed E-state index contributed by atoms with van der Waals surface area (Å²) in [7, 11) is 1.75. The van der Waals surface area contributed by atoms with Gasteiger partial charge in [-0.2, -0.15) is 0 Å². The van der Waals surface area contributed by atoms with E-state index in [1.54, 1.807) is 24.9 Å². The lowest BCUT2D eigenvalue weighted by Gasteiger charge is -2.23. The molecule has 0 bridgehead atoms. The highest BCUT2D eigenvalue weighted by Crippen LogP contribution is 2.33. The standard InChI is InChI=1S/C31H40FN5O2/c1-20(2)34(5)31(39)27-13-26(32)6-7-28(27)37-19-25(30-21(3)14-33-15-29(30)37)12-23-8-10-35(16-23)17-24-9-11-36(18-24)22(4)38/h6-7,13-15,19-20,23-24H,8-12,16-18H2,1-5H3/t23-,24-/m1/s1. The van der Waals surface area contributed by atoms with Crippen LogP contribution in [-0.2, 0) is 11.2 Å². The van der Waals surface area contributed by atoms with Crippen LogP contribution in [0.3, 0.4) is 0 Å². The van der Waals surface area contributed by atoms with Crippen LogP contribution in [0.1, 0.15) is 55.1 Å². The van der Waals surface area contributed by atoms with Crippen molar-refractivity contribution < 1.29 is 14.0 Å². The molecule has 5 rings (SSSR count). The molecule has 39 heavy (non-hydrogen) atoms. The highest BCUT2D eigenvalue weighted by molar-refractivity contribution is 5.99. The number of fused-ring (bicyclic) bond motifs is 1. The van der Waals surface area contributed by atoms with Gasteiger partial charge in [0.2, 0.25) is 5.91 Å². The van der Waals surface area contributed by atoms with Crippen LogP contribution < -0.4 is 0 Å². The van der Waals surface area contributed by atoms with Gasteiger partial charge in [-0.15, -0.1) is 0 Å². The van der Waals surface area contributed by atoms with Crippen molar-refractivity contribution in [2.24, 2.45) is 11.8 Å². The quantitative estimate of drug-likeness (QED) is 0.442. The van der Waals surface area contributed by atoms with Crippen LogP contribution in [0, 0.1) is 24.6 Å². The molecule has 2 amide bonds. The third-order valence-corrected chi connectivity index (χ3v) is 8.65. The van der Waals surface area contributed by atoms with Crippen LogP contribution >= 0.6 is 0 Å². The van der Waals surface area contributed by atoms with E-state index in [0.717, 1.165) is 68.5 Å². The van der Waals surface area contributed by atoms with Crippen molar-refractivity contribution in [2.75, 3.05) is 39.8 Å². The predicted molar refractivity (Wildman–Crippen MR) is 152 cm³/mol. The molecule has 7 nitrogen and oxygen atoms in total. The minimum atomic E-state index is -0.426. The van der Waals surface area contributed by atoms with E-state index in [9.17, 15) is 14.0 Å². The molecule has 1 aromatic carbocycles. The minimum Gasteiger partial charge on any atom is -0.343 e. The summed E-state index contributed by atoms with van der Waals surface area (Å²) in [5.74, 6) is 0.639. The SMILES string of the molecule is CC(=O)N1CC[C@H](CN2CC[C@H](Cc3cn(-c4ccc(F)cc4C(=O)N(C)C(C)C)c4cncc(C)c34)C2)C1. The van der Waals surface area contributed by atoms with Crippen molar-refractivity contribution in [1.29, 1.82) is 0 Å². The maximum Gasteiger partial charge on any atom is 0.256 e. The summed E-state index contributed by atoms with van der Waals surface area (Å²) in [6, 6.07) is 4.46. The summed E-state index contributed by atoms with van der Waals surface area (Å²) in [4.78, 5) is 35.7. The molecule has 2 aromatic heterocycles. The first kappa shape index (κ1) is 27.3. The zero-order chi connectivity index (χ0) is 27.8. The molecule has 8 heteroatoms. The Morgan fingerprint density at radius 3 is 2.62 bits per heavy atom. The number of amides is 2. The number of pyridine rings is 1. The van der Waals surface area contributed by atoms with Crippen LogP contribution in [0.4, 0.5) is 4.39 Å². The number of carbonyl (C=O) groups excluding carboxylic acids is 2. The van der Waals surface area contributed by atoms with E-state index in [1.807, 2.05) is 35.7 Å². The summed E-state index contributed by atoms with van der Waals surface area (Å²) >= 11 is 0. The Morgan fingerprint density at radius 1 is 1.13 bits per heavy atom. The van der Waals surface area contributed by atoms with Crippen molar-refractivity contribution in [1.82, 2.24) is 24.3 Å². The topological polar surface area (TPSA) is 61.7 Å². The summed E-state index contributed by atoms with van der Waals surface area (Å²) in [5, 5.41) is 1.16. The number of nitrogens with zero attached hydrogens (tertiary/aromatic N) is 5. The van der Waals surface area contributed by atoms with E-state index in [0.29, 0.717) is 23.1 Å². The molecule has 4 heterocycles. The fraction of sp³-hybridized carbons (Fsp3) is 0.516. The lowest BCUT2D eigenvalue weighted by atomic mass is 9.97. The first-order valence-electron chi connectivity index (χ1n) is 14.1. The molecule has 208 valence electrons. The molecule has 0 saturated carbocycles. The molecule has 0 N–H and O–H groups in total. The summed E-state index contributed by atoms with van der Waals surface area (Å²) in [6.45, 7) is 12.6. The van der Waals surface area contributed by atoms with Gasteiger partial charge in [-0.1, -0.05) is 0 Å². The molecule has 0 aliphatic carbocycles. The Bertz CT molecular complexity index is 1380.